The molecule has 1 aromatic heterocycles. The van der Waals surface area contributed by atoms with Crippen molar-refractivity contribution in [1.82, 2.24) is 4.98 Å². The molecular formula is C12H7ClNO3-. The van der Waals surface area contributed by atoms with Gasteiger partial charge in [-0.3, -0.25) is 0 Å². The van der Waals surface area contributed by atoms with E-state index in [0.29, 0.717) is 16.8 Å². The van der Waals surface area contributed by atoms with Crippen LogP contribution in [0.3, 0.4) is 0 Å². The number of ether oxygens (including phenoxy) is 1. The summed E-state index contributed by atoms with van der Waals surface area (Å²) in [5, 5.41) is 11.0. The van der Waals surface area contributed by atoms with Gasteiger partial charge in [0.05, 0.1) is 5.97 Å². The second kappa shape index (κ2) is 4.84. The molecule has 0 saturated carbocycles. The number of hydrogen-bond acceptors (Lipinski definition) is 4. The number of halogens is 1. The SMILES string of the molecule is O=C([O-])c1cccc(Oc2cccc(Cl)n2)c1. The van der Waals surface area contributed by atoms with Crippen molar-refractivity contribution >= 4 is 17.6 Å². The maximum Gasteiger partial charge on any atom is 0.220 e. The summed E-state index contributed by atoms with van der Waals surface area (Å²) in [6.07, 6.45) is 0. The molecule has 0 aliphatic rings. The Labute approximate surface area is 102 Å². The van der Waals surface area contributed by atoms with Gasteiger partial charge in [-0.25, -0.2) is 4.98 Å². The fraction of sp³-hybridized carbons (Fsp3) is 0. The molecule has 0 fully saturated rings. The fourth-order valence-corrected chi connectivity index (χ4v) is 1.41. The lowest BCUT2D eigenvalue weighted by atomic mass is 10.2. The average molecular weight is 249 g/mol. The quantitative estimate of drug-likeness (QED) is 0.778. The molecule has 0 unspecified atom stereocenters. The molecule has 0 spiro atoms. The zero-order valence-electron chi connectivity index (χ0n) is 8.59. The fourth-order valence-electron chi connectivity index (χ4n) is 1.25. The third-order valence-electron chi connectivity index (χ3n) is 1.98. The van der Waals surface area contributed by atoms with E-state index in [9.17, 15) is 9.90 Å². The smallest absolute Gasteiger partial charge is 0.220 e. The minimum Gasteiger partial charge on any atom is -0.545 e. The Balaban J connectivity index is 2.24. The topological polar surface area (TPSA) is 62.2 Å². The van der Waals surface area contributed by atoms with Crippen LogP contribution >= 0.6 is 11.6 Å². The van der Waals surface area contributed by atoms with Crippen LogP contribution in [0.4, 0.5) is 0 Å². The van der Waals surface area contributed by atoms with E-state index in [1.807, 2.05) is 0 Å². The predicted molar refractivity (Wildman–Crippen MR) is 60.1 cm³/mol. The maximum absolute atomic E-state index is 10.7. The highest BCUT2D eigenvalue weighted by Gasteiger charge is 2.01. The van der Waals surface area contributed by atoms with Crippen LogP contribution in [0.5, 0.6) is 11.6 Å². The van der Waals surface area contributed by atoms with Crippen molar-refractivity contribution in [1.29, 1.82) is 0 Å². The van der Waals surface area contributed by atoms with Gasteiger partial charge in [0.1, 0.15) is 10.9 Å². The number of carbonyl (C=O) groups is 1. The molecule has 0 saturated heterocycles. The molecule has 0 aliphatic carbocycles. The van der Waals surface area contributed by atoms with Crippen LogP contribution in [0.2, 0.25) is 5.15 Å². The number of aromatic carboxylic acids is 1. The summed E-state index contributed by atoms with van der Waals surface area (Å²) in [5.74, 6) is -0.594. The van der Waals surface area contributed by atoms with Gasteiger partial charge >= 0.3 is 0 Å². The number of pyridine rings is 1. The summed E-state index contributed by atoms with van der Waals surface area (Å²) in [4.78, 5) is 14.6. The number of carbonyl (C=O) groups excluding carboxylic acids is 1. The van der Waals surface area contributed by atoms with Gasteiger partial charge in [-0.1, -0.05) is 29.8 Å². The summed E-state index contributed by atoms with van der Waals surface area (Å²) in [5.41, 5.74) is 0.0459. The van der Waals surface area contributed by atoms with Crippen LogP contribution in [0.25, 0.3) is 0 Å². The molecule has 86 valence electrons. The summed E-state index contributed by atoms with van der Waals surface area (Å²) in [6.45, 7) is 0. The van der Waals surface area contributed by atoms with Crippen molar-refractivity contribution in [2.75, 3.05) is 0 Å². The van der Waals surface area contributed by atoms with Gasteiger partial charge in [-0.05, 0) is 18.2 Å². The lowest BCUT2D eigenvalue weighted by Gasteiger charge is -2.07. The summed E-state index contributed by atoms with van der Waals surface area (Å²) < 4.78 is 5.36. The summed E-state index contributed by atoms with van der Waals surface area (Å²) >= 11 is 5.70. The highest BCUT2D eigenvalue weighted by atomic mass is 35.5. The van der Waals surface area contributed by atoms with Crippen molar-refractivity contribution in [2.45, 2.75) is 0 Å². The first-order chi connectivity index (χ1) is 8.15. The number of aromatic nitrogens is 1. The second-order valence-corrected chi connectivity index (χ2v) is 3.60. The molecule has 2 rings (SSSR count). The first-order valence-corrected chi connectivity index (χ1v) is 5.15. The van der Waals surface area contributed by atoms with E-state index in [2.05, 4.69) is 4.98 Å². The first kappa shape index (κ1) is 11.4. The van der Waals surface area contributed by atoms with Gasteiger partial charge in [-0.2, -0.15) is 0 Å². The molecule has 4 nitrogen and oxygen atoms in total. The highest BCUT2D eigenvalue weighted by Crippen LogP contribution is 2.21. The number of carboxylic acids is 1. The molecule has 0 atom stereocenters. The van der Waals surface area contributed by atoms with E-state index in [4.69, 9.17) is 16.3 Å². The average Bonchev–Trinajstić information content (AvgIpc) is 2.29. The normalized spacial score (nSPS) is 9.94. The Kier molecular flexibility index (Phi) is 3.25. The van der Waals surface area contributed by atoms with Crippen molar-refractivity contribution in [3.05, 3.63) is 53.2 Å². The van der Waals surface area contributed by atoms with Gasteiger partial charge < -0.3 is 14.6 Å². The van der Waals surface area contributed by atoms with E-state index < -0.39 is 5.97 Å². The highest BCUT2D eigenvalue weighted by molar-refractivity contribution is 6.29. The van der Waals surface area contributed by atoms with E-state index in [0.717, 1.165) is 0 Å². The molecule has 2 aromatic rings. The molecule has 0 radical (unpaired) electrons. The number of benzene rings is 1. The van der Waals surface area contributed by atoms with E-state index in [1.165, 1.54) is 12.1 Å². The van der Waals surface area contributed by atoms with Crippen LogP contribution in [-0.2, 0) is 0 Å². The lowest BCUT2D eigenvalue weighted by Crippen LogP contribution is -2.21. The van der Waals surface area contributed by atoms with Crippen LogP contribution in [-0.4, -0.2) is 11.0 Å². The van der Waals surface area contributed by atoms with Crippen molar-refractivity contribution in [3.63, 3.8) is 0 Å². The van der Waals surface area contributed by atoms with E-state index >= 15 is 0 Å². The summed E-state index contributed by atoms with van der Waals surface area (Å²) in [6, 6.07) is 10.9. The minimum absolute atomic E-state index is 0.0459. The molecular weight excluding hydrogens is 242 g/mol. The van der Waals surface area contributed by atoms with Gasteiger partial charge in [0, 0.05) is 11.6 Å². The van der Waals surface area contributed by atoms with Crippen LogP contribution in [0.1, 0.15) is 10.4 Å². The maximum atomic E-state index is 10.7. The molecule has 5 heteroatoms. The lowest BCUT2D eigenvalue weighted by molar-refractivity contribution is -0.255. The van der Waals surface area contributed by atoms with Gasteiger partial charge in [0.2, 0.25) is 5.88 Å². The number of hydrogen-bond donors (Lipinski definition) is 0. The Morgan fingerprint density at radius 3 is 2.71 bits per heavy atom. The first-order valence-electron chi connectivity index (χ1n) is 4.77. The van der Waals surface area contributed by atoms with E-state index in [1.54, 1.807) is 30.3 Å². The number of carboxylic acid groups (broad SMARTS) is 1. The van der Waals surface area contributed by atoms with Crippen LogP contribution in [0.15, 0.2) is 42.5 Å². The Morgan fingerprint density at radius 1 is 1.24 bits per heavy atom. The molecule has 1 heterocycles. The minimum atomic E-state index is -1.26. The molecule has 1 aromatic carbocycles. The molecule has 0 amide bonds. The van der Waals surface area contributed by atoms with Gasteiger partial charge in [0.25, 0.3) is 0 Å². The zero-order valence-corrected chi connectivity index (χ0v) is 9.35. The standard InChI is InChI=1S/C12H8ClNO3/c13-10-5-2-6-11(14-10)17-9-4-1-3-8(7-9)12(15)16/h1-7H,(H,15,16)/p-1. The van der Waals surface area contributed by atoms with Crippen molar-refractivity contribution < 1.29 is 14.6 Å². The van der Waals surface area contributed by atoms with Crippen molar-refractivity contribution in [3.8, 4) is 11.6 Å². The Bertz CT molecular complexity index is 557. The molecule has 0 N–H and O–H groups in total. The van der Waals surface area contributed by atoms with Gasteiger partial charge in [0.15, 0.2) is 0 Å². The number of rotatable bonds is 3. The van der Waals surface area contributed by atoms with Crippen LogP contribution < -0.4 is 9.84 Å². The van der Waals surface area contributed by atoms with Gasteiger partial charge in [-0.15, -0.1) is 0 Å². The predicted octanol–water partition coefficient (Wildman–Crippen LogP) is 1.89. The number of nitrogens with zero attached hydrogens (tertiary/aromatic N) is 1. The molecule has 0 bridgehead atoms. The second-order valence-electron chi connectivity index (χ2n) is 3.22. The van der Waals surface area contributed by atoms with E-state index in [-0.39, 0.29) is 5.56 Å². The molecule has 17 heavy (non-hydrogen) atoms. The zero-order chi connectivity index (χ0) is 12.3. The third kappa shape index (κ3) is 2.95. The van der Waals surface area contributed by atoms with Crippen molar-refractivity contribution in [2.24, 2.45) is 0 Å². The Hall–Kier alpha value is -2.07. The molecule has 0 aliphatic heterocycles. The monoisotopic (exact) mass is 248 g/mol. The summed E-state index contributed by atoms with van der Waals surface area (Å²) in [7, 11) is 0. The largest absolute Gasteiger partial charge is 0.545 e. The van der Waals surface area contributed by atoms with Crippen LogP contribution in [0, 0.1) is 0 Å². The Morgan fingerprint density at radius 2 is 2.00 bits per heavy atom. The third-order valence-corrected chi connectivity index (χ3v) is 2.19.